The van der Waals surface area contributed by atoms with Crippen LogP contribution in [0.2, 0.25) is 0 Å². The van der Waals surface area contributed by atoms with Crippen LogP contribution in [0.15, 0.2) is 23.0 Å². The first kappa shape index (κ1) is 14.0. The molecule has 4 bridgehead atoms. The minimum atomic E-state index is -0.668. The van der Waals surface area contributed by atoms with Crippen molar-refractivity contribution in [1.29, 1.82) is 0 Å². The van der Waals surface area contributed by atoms with Gasteiger partial charge in [-0.1, -0.05) is 0 Å². The largest absolute Gasteiger partial charge is 0.472 e. The van der Waals surface area contributed by atoms with E-state index in [0.29, 0.717) is 23.3 Å². The van der Waals surface area contributed by atoms with Crippen molar-refractivity contribution in [2.45, 2.75) is 51.6 Å². The molecule has 118 valence electrons. The van der Waals surface area contributed by atoms with Crippen LogP contribution in [0.3, 0.4) is 0 Å². The molecule has 1 atom stereocenters. The molecule has 4 heteroatoms. The first-order valence-corrected chi connectivity index (χ1v) is 8.33. The van der Waals surface area contributed by atoms with Crippen molar-refractivity contribution < 1.29 is 18.7 Å². The highest BCUT2D eigenvalue weighted by molar-refractivity contribution is 5.94. The summed E-state index contributed by atoms with van der Waals surface area (Å²) < 4.78 is 10.3. The maximum Gasteiger partial charge on any atom is 0.342 e. The summed E-state index contributed by atoms with van der Waals surface area (Å²) in [7, 11) is 0. The Morgan fingerprint density at radius 1 is 1.18 bits per heavy atom. The average molecular weight is 302 g/mol. The molecular formula is C18H22O4. The average Bonchev–Trinajstić information content (AvgIpc) is 2.99. The third-order valence-electron chi connectivity index (χ3n) is 5.97. The van der Waals surface area contributed by atoms with Gasteiger partial charge in [0.15, 0.2) is 11.9 Å². The first-order chi connectivity index (χ1) is 10.6. The summed E-state index contributed by atoms with van der Waals surface area (Å²) in [5.41, 5.74) is 0.148. The molecule has 4 nitrogen and oxygen atoms in total. The molecule has 0 spiro atoms. The van der Waals surface area contributed by atoms with Crippen molar-refractivity contribution in [2.24, 2.45) is 23.2 Å². The van der Waals surface area contributed by atoms with Gasteiger partial charge in [0.1, 0.15) is 6.26 Å². The van der Waals surface area contributed by atoms with E-state index in [-0.39, 0.29) is 11.2 Å². The third kappa shape index (κ3) is 2.20. The second-order valence-electron chi connectivity index (χ2n) is 7.62. The Labute approximate surface area is 130 Å². The van der Waals surface area contributed by atoms with Gasteiger partial charge in [-0.05, 0) is 69.3 Å². The molecule has 1 aromatic heterocycles. The van der Waals surface area contributed by atoms with Crippen LogP contribution in [0.1, 0.15) is 55.8 Å². The van der Waals surface area contributed by atoms with Crippen molar-refractivity contribution >= 4 is 11.8 Å². The molecule has 4 aliphatic rings. The minimum Gasteiger partial charge on any atom is -0.472 e. The number of rotatable bonds is 4. The van der Waals surface area contributed by atoms with E-state index in [0.717, 1.165) is 19.3 Å². The van der Waals surface area contributed by atoms with E-state index in [1.165, 1.54) is 31.8 Å². The Bertz CT molecular complexity index is 551. The zero-order valence-electron chi connectivity index (χ0n) is 12.9. The summed E-state index contributed by atoms with van der Waals surface area (Å²) in [5.74, 6) is 1.81. The van der Waals surface area contributed by atoms with E-state index in [9.17, 15) is 9.59 Å². The van der Waals surface area contributed by atoms with Crippen LogP contribution in [0.4, 0.5) is 0 Å². The summed E-state index contributed by atoms with van der Waals surface area (Å²) in [6.45, 7) is 1.72. The Balaban J connectivity index is 1.48. The van der Waals surface area contributed by atoms with E-state index >= 15 is 0 Å². The van der Waals surface area contributed by atoms with Gasteiger partial charge in [-0.2, -0.15) is 0 Å². The van der Waals surface area contributed by atoms with Gasteiger partial charge in [-0.25, -0.2) is 4.79 Å². The maximum atomic E-state index is 13.0. The Hall–Kier alpha value is -1.58. The van der Waals surface area contributed by atoms with Crippen LogP contribution in [0.5, 0.6) is 0 Å². The van der Waals surface area contributed by atoms with E-state index in [2.05, 4.69) is 0 Å². The molecule has 0 N–H and O–H groups in total. The number of Topliss-reactive ketones (excluding diaryl/α,β-unsaturated/α-hetero) is 1. The molecular weight excluding hydrogens is 280 g/mol. The van der Waals surface area contributed by atoms with Crippen molar-refractivity contribution in [2.75, 3.05) is 0 Å². The lowest BCUT2D eigenvalue weighted by Crippen LogP contribution is -2.52. The molecule has 0 radical (unpaired) electrons. The fourth-order valence-corrected chi connectivity index (χ4v) is 5.51. The van der Waals surface area contributed by atoms with Gasteiger partial charge < -0.3 is 9.15 Å². The van der Waals surface area contributed by atoms with Crippen LogP contribution in [0.25, 0.3) is 0 Å². The standard InChI is InChI=1S/C18H22O4/c1-11(22-17(20)15-2-3-21-10-15)16(19)18-7-12-4-13(8-18)6-14(5-12)9-18/h2-3,10-14H,4-9H2,1H3/t11-,12?,13?,14?,18?/m1/s1. The molecule has 0 unspecified atom stereocenters. The lowest BCUT2D eigenvalue weighted by molar-refractivity contribution is -0.152. The number of carbonyl (C=O) groups is 2. The molecule has 1 heterocycles. The molecule has 0 aromatic carbocycles. The van der Waals surface area contributed by atoms with Crippen molar-refractivity contribution in [3.05, 3.63) is 24.2 Å². The van der Waals surface area contributed by atoms with Gasteiger partial charge in [0.05, 0.1) is 11.8 Å². The second-order valence-corrected chi connectivity index (χ2v) is 7.62. The molecule has 4 aliphatic carbocycles. The predicted octanol–water partition coefficient (Wildman–Crippen LogP) is 3.61. The second kappa shape index (κ2) is 4.97. The molecule has 0 aliphatic heterocycles. The normalized spacial score (nSPS) is 37.0. The van der Waals surface area contributed by atoms with Gasteiger partial charge in [-0.15, -0.1) is 0 Å². The van der Waals surface area contributed by atoms with Crippen LogP contribution in [-0.2, 0) is 9.53 Å². The quantitative estimate of drug-likeness (QED) is 0.797. The molecule has 22 heavy (non-hydrogen) atoms. The monoisotopic (exact) mass is 302 g/mol. The fourth-order valence-electron chi connectivity index (χ4n) is 5.51. The Morgan fingerprint density at radius 3 is 2.27 bits per heavy atom. The minimum absolute atomic E-state index is 0.142. The van der Waals surface area contributed by atoms with Crippen LogP contribution in [0, 0.1) is 23.2 Å². The van der Waals surface area contributed by atoms with Crippen LogP contribution >= 0.6 is 0 Å². The van der Waals surface area contributed by atoms with Gasteiger partial charge >= 0.3 is 5.97 Å². The topological polar surface area (TPSA) is 56.5 Å². The van der Waals surface area contributed by atoms with Crippen molar-refractivity contribution in [3.63, 3.8) is 0 Å². The number of carbonyl (C=O) groups excluding carboxylic acids is 2. The highest BCUT2D eigenvalue weighted by Crippen LogP contribution is 2.60. The summed E-state index contributed by atoms with van der Waals surface area (Å²) >= 11 is 0. The SMILES string of the molecule is C[C@@H](OC(=O)c1ccoc1)C(=O)C12CC3CC(CC(C3)C1)C2. The molecule has 1 aromatic rings. The third-order valence-corrected chi connectivity index (χ3v) is 5.97. The van der Waals surface area contributed by atoms with E-state index in [4.69, 9.17) is 9.15 Å². The van der Waals surface area contributed by atoms with Crippen LogP contribution in [-0.4, -0.2) is 17.9 Å². The van der Waals surface area contributed by atoms with Gasteiger partial charge in [0, 0.05) is 5.41 Å². The van der Waals surface area contributed by atoms with Gasteiger partial charge in [-0.3, -0.25) is 4.79 Å². The zero-order valence-corrected chi connectivity index (χ0v) is 12.9. The first-order valence-electron chi connectivity index (χ1n) is 8.33. The van der Waals surface area contributed by atoms with E-state index < -0.39 is 12.1 Å². The van der Waals surface area contributed by atoms with E-state index in [1.54, 1.807) is 13.0 Å². The molecule has 0 amide bonds. The number of esters is 1. The number of furan rings is 1. The molecule has 4 saturated carbocycles. The smallest absolute Gasteiger partial charge is 0.342 e. The number of hydrogen-bond acceptors (Lipinski definition) is 4. The Kier molecular flexibility index (Phi) is 3.17. The number of ketones is 1. The molecule has 0 saturated heterocycles. The summed E-state index contributed by atoms with van der Waals surface area (Å²) in [6, 6.07) is 1.56. The zero-order chi connectivity index (χ0) is 15.3. The van der Waals surface area contributed by atoms with E-state index in [1.807, 2.05) is 0 Å². The fraction of sp³-hybridized carbons (Fsp3) is 0.667. The molecule has 5 rings (SSSR count). The number of hydrogen-bond donors (Lipinski definition) is 0. The predicted molar refractivity (Wildman–Crippen MR) is 79.2 cm³/mol. The lowest BCUT2D eigenvalue weighted by Gasteiger charge is -2.56. The summed E-state index contributed by atoms with van der Waals surface area (Å²) in [6.07, 6.45) is 9.04. The van der Waals surface area contributed by atoms with Gasteiger partial charge in [0.25, 0.3) is 0 Å². The number of ether oxygens (including phenoxy) is 1. The van der Waals surface area contributed by atoms with Crippen molar-refractivity contribution in [1.82, 2.24) is 0 Å². The highest BCUT2D eigenvalue weighted by Gasteiger charge is 2.55. The lowest BCUT2D eigenvalue weighted by atomic mass is 9.48. The van der Waals surface area contributed by atoms with Gasteiger partial charge in [0.2, 0.25) is 0 Å². The maximum absolute atomic E-state index is 13.0. The Morgan fingerprint density at radius 2 is 1.77 bits per heavy atom. The van der Waals surface area contributed by atoms with Crippen LogP contribution < -0.4 is 0 Å². The summed E-state index contributed by atoms with van der Waals surface area (Å²) in [4.78, 5) is 25.0. The highest BCUT2D eigenvalue weighted by atomic mass is 16.5. The molecule has 4 fully saturated rings. The van der Waals surface area contributed by atoms with Crippen molar-refractivity contribution in [3.8, 4) is 0 Å². The summed E-state index contributed by atoms with van der Waals surface area (Å²) in [5, 5.41) is 0.